The molecule has 0 spiro atoms. The average molecular weight is 359 g/mol. The van der Waals surface area contributed by atoms with E-state index in [0.717, 1.165) is 37.1 Å². The summed E-state index contributed by atoms with van der Waals surface area (Å²) in [6.07, 6.45) is 1.09. The fraction of sp³-hybridized carbons (Fsp3) is 0.368. The number of hydrogen-bond acceptors (Lipinski definition) is 2. The molecule has 1 unspecified atom stereocenters. The molecule has 116 valence electrons. The van der Waals surface area contributed by atoms with Crippen LogP contribution in [-0.2, 0) is 6.42 Å². The molecule has 3 heteroatoms. The molecule has 3 rings (SSSR count). The van der Waals surface area contributed by atoms with Gasteiger partial charge in [0.1, 0.15) is 0 Å². The first-order valence-corrected chi connectivity index (χ1v) is 8.86. The van der Waals surface area contributed by atoms with Crippen molar-refractivity contribution >= 4 is 15.9 Å². The highest BCUT2D eigenvalue weighted by molar-refractivity contribution is 9.10. The summed E-state index contributed by atoms with van der Waals surface area (Å²) in [4.78, 5) is 2.58. The molecule has 1 aliphatic rings. The second-order valence-electron chi connectivity index (χ2n) is 5.84. The summed E-state index contributed by atoms with van der Waals surface area (Å²) in [5.41, 5.74) is 4.16. The van der Waals surface area contributed by atoms with Gasteiger partial charge in [0.15, 0.2) is 0 Å². The van der Waals surface area contributed by atoms with Gasteiger partial charge in [-0.15, -0.1) is 0 Å². The summed E-state index contributed by atoms with van der Waals surface area (Å²) < 4.78 is 1.14. The SMILES string of the molecule is CCc1ccc(C(c2ccc(Br)cc2)N2CCNCC2)cc1. The molecular weight excluding hydrogens is 336 g/mol. The topological polar surface area (TPSA) is 15.3 Å². The standard InChI is InChI=1S/C19H23BrN2/c1-2-15-3-5-16(6-4-15)19(22-13-11-21-12-14-22)17-7-9-18(20)10-8-17/h3-10,19,21H,2,11-14H2,1H3. The minimum atomic E-state index is 0.348. The fourth-order valence-electron chi connectivity index (χ4n) is 3.14. The van der Waals surface area contributed by atoms with Crippen LogP contribution in [0.5, 0.6) is 0 Å². The smallest absolute Gasteiger partial charge is 0.0602 e. The van der Waals surface area contributed by atoms with Crippen LogP contribution in [0.4, 0.5) is 0 Å². The van der Waals surface area contributed by atoms with Crippen LogP contribution >= 0.6 is 15.9 Å². The zero-order valence-electron chi connectivity index (χ0n) is 13.1. The number of halogens is 1. The quantitative estimate of drug-likeness (QED) is 0.888. The molecule has 1 fully saturated rings. The first-order chi connectivity index (χ1) is 10.8. The molecule has 0 aromatic heterocycles. The molecule has 0 amide bonds. The van der Waals surface area contributed by atoms with Crippen LogP contribution in [0.1, 0.15) is 29.7 Å². The van der Waals surface area contributed by atoms with Crippen molar-refractivity contribution in [1.29, 1.82) is 0 Å². The molecule has 0 aliphatic carbocycles. The van der Waals surface area contributed by atoms with Crippen LogP contribution in [-0.4, -0.2) is 31.1 Å². The van der Waals surface area contributed by atoms with E-state index in [1.54, 1.807) is 0 Å². The van der Waals surface area contributed by atoms with Gasteiger partial charge in [0, 0.05) is 30.7 Å². The van der Waals surface area contributed by atoms with Crippen LogP contribution < -0.4 is 5.32 Å². The van der Waals surface area contributed by atoms with Crippen molar-refractivity contribution in [1.82, 2.24) is 10.2 Å². The Morgan fingerprint density at radius 1 is 0.955 bits per heavy atom. The summed E-state index contributed by atoms with van der Waals surface area (Å²) in [5, 5.41) is 3.45. The van der Waals surface area contributed by atoms with Crippen molar-refractivity contribution in [2.45, 2.75) is 19.4 Å². The summed E-state index contributed by atoms with van der Waals surface area (Å²) in [5.74, 6) is 0. The third-order valence-electron chi connectivity index (χ3n) is 4.41. The van der Waals surface area contributed by atoms with Crippen molar-refractivity contribution in [3.8, 4) is 0 Å². The third-order valence-corrected chi connectivity index (χ3v) is 4.93. The van der Waals surface area contributed by atoms with Crippen LogP contribution in [0.3, 0.4) is 0 Å². The van der Waals surface area contributed by atoms with E-state index < -0.39 is 0 Å². The van der Waals surface area contributed by atoms with Gasteiger partial charge in [-0.05, 0) is 35.2 Å². The zero-order chi connectivity index (χ0) is 15.4. The van der Waals surface area contributed by atoms with Gasteiger partial charge >= 0.3 is 0 Å². The van der Waals surface area contributed by atoms with E-state index in [1.165, 1.54) is 16.7 Å². The maximum Gasteiger partial charge on any atom is 0.0602 e. The summed E-state index contributed by atoms with van der Waals surface area (Å²) in [7, 11) is 0. The molecule has 0 bridgehead atoms. The van der Waals surface area contributed by atoms with E-state index in [0.29, 0.717) is 6.04 Å². The maximum absolute atomic E-state index is 3.54. The van der Waals surface area contributed by atoms with E-state index in [-0.39, 0.29) is 0 Å². The highest BCUT2D eigenvalue weighted by atomic mass is 79.9. The normalized spacial score (nSPS) is 17.4. The Balaban J connectivity index is 1.95. The van der Waals surface area contributed by atoms with Gasteiger partial charge in [-0.3, -0.25) is 4.90 Å². The van der Waals surface area contributed by atoms with E-state index in [9.17, 15) is 0 Å². The van der Waals surface area contributed by atoms with Crippen LogP contribution in [0, 0.1) is 0 Å². The van der Waals surface area contributed by atoms with E-state index >= 15 is 0 Å². The van der Waals surface area contributed by atoms with Gasteiger partial charge in [0.05, 0.1) is 6.04 Å². The monoisotopic (exact) mass is 358 g/mol. The first-order valence-electron chi connectivity index (χ1n) is 8.07. The Labute approximate surface area is 141 Å². The molecule has 1 aliphatic heterocycles. The number of hydrogen-bond donors (Lipinski definition) is 1. The highest BCUT2D eigenvalue weighted by Crippen LogP contribution is 2.30. The van der Waals surface area contributed by atoms with Gasteiger partial charge in [-0.2, -0.15) is 0 Å². The van der Waals surface area contributed by atoms with Gasteiger partial charge in [-0.1, -0.05) is 59.3 Å². The number of piperazine rings is 1. The molecule has 1 heterocycles. The van der Waals surface area contributed by atoms with Crippen molar-refractivity contribution in [2.75, 3.05) is 26.2 Å². The summed E-state index contributed by atoms with van der Waals surface area (Å²) in [6, 6.07) is 18.2. The molecular formula is C19H23BrN2. The Bertz CT molecular complexity index is 586. The summed E-state index contributed by atoms with van der Waals surface area (Å²) in [6.45, 7) is 6.53. The minimum Gasteiger partial charge on any atom is -0.314 e. The second kappa shape index (κ2) is 7.40. The Morgan fingerprint density at radius 2 is 1.50 bits per heavy atom. The molecule has 1 atom stereocenters. The van der Waals surface area contributed by atoms with E-state index in [4.69, 9.17) is 0 Å². The number of aryl methyl sites for hydroxylation is 1. The van der Waals surface area contributed by atoms with Crippen molar-refractivity contribution in [3.05, 3.63) is 69.7 Å². The lowest BCUT2D eigenvalue weighted by Gasteiger charge is -2.35. The lowest BCUT2D eigenvalue weighted by atomic mass is 9.95. The molecule has 1 saturated heterocycles. The first kappa shape index (κ1) is 15.7. The second-order valence-corrected chi connectivity index (χ2v) is 6.75. The van der Waals surface area contributed by atoms with Crippen LogP contribution in [0.25, 0.3) is 0 Å². The number of rotatable bonds is 4. The molecule has 1 N–H and O–H groups in total. The van der Waals surface area contributed by atoms with Crippen LogP contribution in [0.15, 0.2) is 53.0 Å². The highest BCUT2D eigenvalue weighted by Gasteiger charge is 2.23. The molecule has 2 aromatic rings. The Morgan fingerprint density at radius 3 is 2.05 bits per heavy atom. The lowest BCUT2D eigenvalue weighted by Crippen LogP contribution is -2.45. The van der Waals surface area contributed by atoms with Gasteiger partial charge < -0.3 is 5.32 Å². The fourth-order valence-corrected chi connectivity index (χ4v) is 3.40. The molecule has 0 radical (unpaired) electrons. The van der Waals surface area contributed by atoms with Gasteiger partial charge in [0.25, 0.3) is 0 Å². The van der Waals surface area contributed by atoms with Crippen LogP contribution in [0.2, 0.25) is 0 Å². The van der Waals surface area contributed by atoms with Gasteiger partial charge in [0.2, 0.25) is 0 Å². The Kier molecular flexibility index (Phi) is 5.29. The molecule has 2 nitrogen and oxygen atoms in total. The van der Waals surface area contributed by atoms with E-state index in [2.05, 4.69) is 81.6 Å². The number of nitrogens with zero attached hydrogens (tertiary/aromatic N) is 1. The third kappa shape index (κ3) is 3.60. The minimum absolute atomic E-state index is 0.348. The Hall–Kier alpha value is -1.16. The molecule has 2 aromatic carbocycles. The number of nitrogens with one attached hydrogen (secondary N) is 1. The molecule has 0 saturated carbocycles. The van der Waals surface area contributed by atoms with Crippen molar-refractivity contribution < 1.29 is 0 Å². The predicted molar refractivity (Wildman–Crippen MR) is 96.2 cm³/mol. The van der Waals surface area contributed by atoms with Gasteiger partial charge in [-0.25, -0.2) is 0 Å². The number of benzene rings is 2. The molecule has 22 heavy (non-hydrogen) atoms. The van der Waals surface area contributed by atoms with Crippen molar-refractivity contribution in [3.63, 3.8) is 0 Å². The maximum atomic E-state index is 3.54. The zero-order valence-corrected chi connectivity index (χ0v) is 14.6. The summed E-state index contributed by atoms with van der Waals surface area (Å²) >= 11 is 3.54. The van der Waals surface area contributed by atoms with Crippen molar-refractivity contribution in [2.24, 2.45) is 0 Å². The van der Waals surface area contributed by atoms with E-state index in [1.807, 2.05) is 0 Å². The largest absolute Gasteiger partial charge is 0.314 e. The predicted octanol–water partition coefficient (Wildman–Crippen LogP) is 4.01. The lowest BCUT2D eigenvalue weighted by molar-refractivity contribution is 0.198. The average Bonchev–Trinajstić information content (AvgIpc) is 2.58.